The molecule has 27 heavy (non-hydrogen) atoms. The molecule has 3 rings (SSSR count). The van der Waals surface area contributed by atoms with Crippen LogP contribution in [0.1, 0.15) is 24.0 Å². The van der Waals surface area contributed by atoms with Gasteiger partial charge < -0.3 is 20.1 Å². The van der Waals surface area contributed by atoms with Crippen molar-refractivity contribution in [3.05, 3.63) is 47.7 Å². The summed E-state index contributed by atoms with van der Waals surface area (Å²) in [6.45, 7) is 5.09. The van der Waals surface area contributed by atoms with Crippen LogP contribution in [-0.4, -0.2) is 36.1 Å². The van der Waals surface area contributed by atoms with Gasteiger partial charge in [0, 0.05) is 19.2 Å². The Morgan fingerprint density at radius 3 is 2.70 bits per heavy atom. The van der Waals surface area contributed by atoms with Crippen LogP contribution in [-0.2, 0) is 14.3 Å². The lowest BCUT2D eigenvalue weighted by molar-refractivity contribution is -0.136. The minimum atomic E-state index is -0.738. The van der Waals surface area contributed by atoms with E-state index in [1.165, 1.54) is 11.8 Å². The summed E-state index contributed by atoms with van der Waals surface area (Å²) in [6.07, 6.45) is 3.31. The van der Waals surface area contributed by atoms with E-state index in [2.05, 4.69) is 15.6 Å². The fourth-order valence-electron chi connectivity index (χ4n) is 2.69. The van der Waals surface area contributed by atoms with Crippen molar-refractivity contribution in [3.63, 3.8) is 0 Å². The summed E-state index contributed by atoms with van der Waals surface area (Å²) in [5.41, 5.74) is 2.73. The number of carbonyl (C=O) groups excluding carboxylic acids is 2. The Kier molecular flexibility index (Phi) is 6.03. The zero-order valence-corrected chi connectivity index (χ0v) is 15.5. The van der Waals surface area contributed by atoms with Crippen LogP contribution in [0.5, 0.6) is 11.6 Å². The second kappa shape index (κ2) is 8.64. The summed E-state index contributed by atoms with van der Waals surface area (Å²) in [7, 11) is 0. The number of rotatable bonds is 5. The zero-order valence-electron chi connectivity index (χ0n) is 15.5. The maximum atomic E-state index is 11.9. The van der Waals surface area contributed by atoms with Crippen LogP contribution in [0.3, 0.4) is 0 Å². The van der Waals surface area contributed by atoms with Gasteiger partial charge in [0.25, 0.3) is 0 Å². The van der Waals surface area contributed by atoms with Gasteiger partial charge in [0.15, 0.2) is 0 Å². The third kappa shape index (κ3) is 5.27. The molecule has 1 aliphatic heterocycles. The normalized spacial score (nSPS) is 16.0. The van der Waals surface area contributed by atoms with Crippen LogP contribution >= 0.6 is 0 Å². The molecule has 7 nitrogen and oxygen atoms in total. The molecule has 1 aliphatic rings. The van der Waals surface area contributed by atoms with Crippen molar-refractivity contribution in [2.75, 3.05) is 18.5 Å². The van der Waals surface area contributed by atoms with Crippen LogP contribution in [0, 0.1) is 13.8 Å². The Bertz CT molecular complexity index is 814. The van der Waals surface area contributed by atoms with Crippen LogP contribution in [0.15, 0.2) is 36.5 Å². The van der Waals surface area contributed by atoms with Crippen molar-refractivity contribution in [1.29, 1.82) is 0 Å². The highest BCUT2D eigenvalue weighted by atomic mass is 16.5. The molecule has 1 unspecified atom stereocenters. The molecule has 2 N–H and O–H groups in total. The molecule has 7 heteroatoms. The first-order valence-electron chi connectivity index (χ1n) is 8.93. The molecular formula is C20H23N3O4. The molecule has 0 spiro atoms. The Labute approximate surface area is 158 Å². The summed E-state index contributed by atoms with van der Waals surface area (Å²) in [5, 5.41) is 5.09. The van der Waals surface area contributed by atoms with E-state index in [1.54, 1.807) is 12.1 Å². The lowest BCUT2D eigenvalue weighted by atomic mass is 10.1. The van der Waals surface area contributed by atoms with Gasteiger partial charge >= 0.3 is 11.8 Å². The molecule has 0 bridgehead atoms. The van der Waals surface area contributed by atoms with E-state index in [9.17, 15) is 9.59 Å². The molecule has 1 atom stereocenters. The smallest absolute Gasteiger partial charge is 0.313 e. The number of nitrogens with one attached hydrogen (secondary N) is 2. The molecular weight excluding hydrogens is 346 g/mol. The van der Waals surface area contributed by atoms with Crippen molar-refractivity contribution >= 4 is 17.5 Å². The van der Waals surface area contributed by atoms with Crippen LogP contribution in [0.25, 0.3) is 0 Å². The van der Waals surface area contributed by atoms with Crippen LogP contribution in [0.2, 0.25) is 0 Å². The highest BCUT2D eigenvalue weighted by Gasteiger charge is 2.19. The first kappa shape index (κ1) is 18.8. The first-order valence-corrected chi connectivity index (χ1v) is 8.93. The number of anilines is 1. The molecule has 2 amide bonds. The third-order valence-corrected chi connectivity index (χ3v) is 4.42. The van der Waals surface area contributed by atoms with Crippen molar-refractivity contribution in [2.45, 2.75) is 32.8 Å². The Balaban J connectivity index is 1.51. The van der Waals surface area contributed by atoms with Gasteiger partial charge in [0.2, 0.25) is 5.88 Å². The zero-order chi connectivity index (χ0) is 19.2. The summed E-state index contributed by atoms with van der Waals surface area (Å²) in [5.74, 6) is -0.339. The molecule has 0 saturated carbocycles. The average Bonchev–Trinajstić information content (AvgIpc) is 3.18. The summed E-state index contributed by atoms with van der Waals surface area (Å²) in [4.78, 5) is 27.9. The maximum Gasteiger partial charge on any atom is 0.313 e. The third-order valence-electron chi connectivity index (χ3n) is 4.42. The first-order chi connectivity index (χ1) is 13.0. The summed E-state index contributed by atoms with van der Waals surface area (Å²) in [6, 6.07) is 9.06. The number of pyridine rings is 1. The molecule has 2 aromatic rings. The molecule has 1 saturated heterocycles. The molecule has 0 aliphatic carbocycles. The van der Waals surface area contributed by atoms with Gasteiger partial charge in [0.05, 0.1) is 18.0 Å². The number of carbonyl (C=O) groups is 2. The number of amides is 2. The molecule has 2 heterocycles. The van der Waals surface area contributed by atoms with Gasteiger partial charge in [-0.3, -0.25) is 9.59 Å². The number of hydrogen-bond donors (Lipinski definition) is 2. The van der Waals surface area contributed by atoms with Crippen molar-refractivity contribution in [3.8, 4) is 11.6 Å². The van der Waals surface area contributed by atoms with Gasteiger partial charge in [0.1, 0.15) is 5.75 Å². The predicted octanol–water partition coefficient (Wildman–Crippen LogP) is 2.72. The number of aryl methyl sites for hydroxylation is 2. The monoisotopic (exact) mass is 369 g/mol. The van der Waals surface area contributed by atoms with E-state index >= 15 is 0 Å². The fourth-order valence-corrected chi connectivity index (χ4v) is 2.69. The standard InChI is InChI=1S/C20H23N3O4/c1-13-5-7-16(10-14(13)2)27-18-8-6-15(11-21-18)23-20(25)19(24)22-12-17-4-3-9-26-17/h5-8,10-11,17H,3-4,9,12H2,1-2H3,(H,22,24)(H,23,25). The maximum absolute atomic E-state index is 11.9. The minimum absolute atomic E-state index is 0.00902. The number of benzene rings is 1. The van der Waals surface area contributed by atoms with Crippen LogP contribution in [0.4, 0.5) is 5.69 Å². The average molecular weight is 369 g/mol. The van der Waals surface area contributed by atoms with Gasteiger partial charge in [-0.15, -0.1) is 0 Å². The molecule has 1 aromatic heterocycles. The fraction of sp³-hybridized carbons (Fsp3) is 0.350. The lowest BCUT2D eigenvalue weighted by Gasteiger charge is -2.11. The molecule has 142 valence electrons. The van der Waals surface area contributed by atoms with E-state index in [1.807, 2.05) is 32.0 Å². The van der Waals surface area contributed by atoms with Gasteiger partial charge in [-0.05, 0) is 56.0 Å². The van der Waals surface area contributed by atoms with E-state index < -0.39 is 11.8 Å². The largest absolute Gasteiger partial charge is 0.439 e. The quantitative estimate of drug-likeness (QED) is 0.791. The number of ether oxygens (including phenoxy) is 2. The van der Waals surface area contributed by atoms with Crippen molar-refractivity contribution in [2.24, 2.45) is 0 Å². The van der Waals surface area contributed by atoms with Crippen LogP contribution < -0.4 is 15.4 Å². The van der Waals surface area contributed by atoms with Gasteiger partial charge in [-0.2, -0.15) is 0 Å². The van der Waals surface area contributed by atoms with Gasteiger partial charge in [-0.1, -0.05) is 6.07 Å². The summed E-state index contributed by atoms with van der Waals surface area (Å²) >= 11 is 0. The van der Waals surface area contributed by atoms with Crippen molar-refractivity contribution in [1.82, 2.24) is 10.3 Å². The second-order valence-electron chi connectivity index (χ2n) is 6.53. The number of hydrogen-bond acceptors (Lipinski definition) is 5. The molecule has 0 radical (unpaired) electrons. The minimum Gasteiger partial charge on any atom is -0.439 e. The van der Waals surface area contributed by atoms with E-state index in [0.29, 0.717) is 30.5 Å². The van der Waals surface area contributed by atoms with Gasteiger partial charge in [-0.25, -0.2) is 4.98 Å². The Morgan fingerprint density at radius 2 is 2.04 bits per heavy atom. The van der Waals surface area contributed by atoms with E-state index in [4.69, 9.17) is 9.47 Å². The SMILES string of the molecule is Cc1ccc(Oc2ccc(NC(=O)C(=O)NCC3CCCO3)cn2)cc1C. The van der Waals surface area contributed by atoms with E-state index in [-0.39, 0.29) is 6.10 Å². The number of aromatic nitrogens is 1. The topological polar surface area (TPSA) is 89.5 Å². The highest BCUT2D eigenvalue weighted by molar-refractivity contribution is 6.39. The van der Waals surface area contributed by atoms with E-state index in [0.717, 1.165) is 18.4 Å². The summed E-state index contributed by atoms with van der Waals surface area (Å²) < 4.78 is 11.1. The molecule has 1 fully saturated rings. The highest BCUT2D eigenvalue weighted by Crippen LogP contribution is 2.23. The molecule has 1 aromatic carbocycles. The number of nitrogens with zero attached hydrogens (tertiary/aromatic N) is 1. The Morgan fingerprint density at radius 1 is 1.19 bits per heavy atom. The van der Waals surface area contributed by atoms with Crippen molar-refractivity contribution < 1.29 is 19.1 Å². The lowest BCUT2D eigenvalue weighted by Crippen LogP contribution is -2.39. The Hall–Kier alpha value is -2.93. The second-order valence-corrected chi connectivity index (χ2v) is 6.53. The predicted molar refractivity (Wildman–Crippen MR) is 101 cm³/mol.